The van der Waals surface area contributed by atoms with Gasteiger partial charge in [-0.1, -0.05) is 37.3 Å². The van der Waals surface area contributed by atoms with Crippen LogP contribution in [0.15, 0.2) is 30.3 Å². The fraction of sp³-hybridized carbons (Fsp3) is 0.385. The molecular formula is C13H19ClN2O3. The van der Waals surface area contributed by atoms with E-state index in [2.05, 4.69) is 10.1 Å². The molecule has 106 valence electrons. The van der Waals surface area contributed by atoms with Crippen molar-refractivity contribution in [3.8, 4) is 0 Å². The van der Waals surface area contributed by atoms with Gasteiger partial charge in [-0.15, -0.1) is 12.4 Å². The van der Waals surface area contributed by atoms with E-state index in [9.17, 15) is 9.59 Å². The minimum Gasteiger partial charge on any atom is -0.467 e. The summed E-state index contributed by atoms with van der Waals surface area (Å²) in [5, 5.41) is 2.60. The Morgan fingerprint density at radius 3 is 2.37 bits per heavy atom. The largest absolute Gasteiger partial charge is 0.467 e. The number of hydrogen-bond donors (Lipinski definition) is 2. The van der Waals surface area contributed by atoms with E-state index in [4.69, 9.17) is 5.73 Å². The number of carbonyl (C=O) groups excluding carboxylic acids is 2. The molecular weight excluding hydrogens is 268 g/mol. The van der Waals surface area contributed by atoms with Gasteiger partial charge >= 0.3 is 5.97 Å². The molecule has 1 amide bonds. The highest BCUT2D eigenvalue weighted by molar-refractivity contribution is 5.88. The standard InChI is InChI=1S/C13H18N2O3.ClH/c1-3-10(14)12(16)15-11(13(17)18-2)9-7-5-4-6-8-9;/h4-8,10-11H,3,14H2,1-2H3,(H,15,16);1H/t10-,11?;/m0./s1. The Morgan fingerprint density at radius 2 is 1.89 bits per heavy atom. The first-order valence-electron chi connectivity index (χ1n) is 5.78. The first-order valence-corrected chi connectivity index (χ1v) is 5.78. The molecule has 5 nitrogen and oxygen atoms in total. The predicted molar refractivity (Wildman–Crippen MR) is 74.9 cm³/mol. The number of nitrogens with two attached hydrogens (primary N) is 1. The number of ether oxygens (including phenoxy) is 1. The summed E-state index contributed by atoms with van der Waals surface area (Å²) >= 11 is 0. The van der Waals surface area contributed by atoms with E-state index in [1.54, 1.807) is 31.2 Å². The zero-order valence-corrected chi connectivity index (χ0v) is 11.8. The van der Waals surface area contributed by atoms with Gasteiger partial charge in [0.2, 0.25) is 5.91 Å². The number of esters is 1. The minimum absolute atomic E-state index is 0. The predicted octanol–water partition coefficient (Wildman–Crippen LogP) is 1.18. The molecule has 0 saturated heterocycles. The number of carbonyl (C=O) groups is 2. The summed E-state index contributed by atoms with van der Waals surface area (Å²) in [6.45, 7) is 1.81. The van der Waals surface area contributed by atoms with E-state index in [1.807, 2.05) is 6.07 Å². The molecule has 6 heteroatoms. The molecule has 19 heavy (non-hydrogen) atoms. The Bertz CT molecular complexity index is 412. The third-order valence-corrected chi connectivity index (χ3v) is 2.63. The molecule has 0 saturated carbocycles. The average Bonchev–Trinajstić information content (AvgIpc) is 2.43. The van der Waals surface area contributed by atoms with E-state index >= 15 is 0 Å². The summed E-state index contributed by atoms with van der Waals surface area (Å²) in [5.74, 6) is -0.880. The van der Waals surface area contributed by atoms with Crippen molar-refractivity contribution in [1.82, 2.24) is 5.32 Å². The molecule has 0 aromatic heterocycles. The molecule has 1 rings (SSSR count). The molecule has 2 atom stereocenters. The summed E-state index contributed by atoms with van der Waals surface area (Å²) in [4.78, 5) is 23.4. The fourth-order valence-corrected chi connectivity index (χ4v) is 1.48. The fourth-order valence-electron chi connectivity index (χ4n) is 1.48. The quantitative estimate of drug-likeness (QED) is 0.796. The molecule has 0 bridgehead atoms. The molecule has 1 unspecified atom stereocenters. The zero-order valence-electron chi connectivity index (χ0n) is 11.0. The molecule has 0 aliphatic carbocycles. The zero-order chi connectivity index (χ0) is 13.5. The van der Waals surface area contributed by atoms with Crippen molar-refractivity contribution in [3.63, 3.8) is 0 Å². The van der Waals surface area contributed by atoms with Gasteiger partial charge in [0.25, 0.3) is 0 Å². The molecule has 0 aliphatic heterocycles. The summed E-state index contributed by atoms with van der Waals surface area (Å²) < 4.78 is 4.69. The molecule has 0 fully saturated rings. The SMILES string of the molecule is CC[C@H](N)C(=O)NC(C(=O)OC)c1ccccc1.Cl. The van der Waals surface area contributed by atoms with E-state index in [1.165, 1.54) is 7.11 Å². The van der Waals surface area contributed by atoms with Crippen molar-refractivity contribution < 1.29 is 14.3 Å². The molecule has 1 aromatic rings. The lowest BCUT2D eigenvalue weighted by Gasteiger charge is -2.18. The van der Waals surface area contributed by atoms with Crippen molar-refractivity contribution in [1.29, 1.82) is 0 Å². The molecule has 1 aromatic carbocycles. The van der Waals surface area contributed by atoms with E-state index in [0.717, 1.165) is 0 Å². The first kappa shape index (κ1) is 17.4. The molecule has 0 aliphatic rings. The molecule has 0 radical (unpaired) electrons. The molecule has 0 heterocycles. The lowest BCUT2D eigenvalue weighted by atomic mass is 10.1. The maximum Gasteiger partial charge on any atom is 0.333 e. The van der Waals surface area contributed by atoms with Crippen molar-refractivity contribution in [2.24, 2.45) is 5.73 Å². The van der Waals surface area contributed by atoms with Gasteiger partial charge in [-0.05, 0) is 12.0 Å². The Labute approximate surface area is 118 Å². The van der Waals surface area contributed by atoms with Crippen LogP contribution in [0, 0.1) is 0 Å². The number of halogens is 1. The van der Waals surface area contributed by atoms with Crippen LogP contribution in [0.25, 0.3) is 0 Å². The average molecular weight is 287 g/mol. The van der Waals surface area contributed by atoms with Crippen LogP contribution in [-0.4, -0.2) is 25.0 Å². The summed E-state index contributed by atoms with van der Waals surface area (Å²) in [5.41, 5.74) is 6.29. The van der Waals surface area contributed by atoms with Crippen molar-refractivity contribution in [3.05, 3.63) is 35.9 Å². The van der Waals surface area contributed by atoms with Crippen molar-refractivity contribution in [2.75, 3.05) is 7.11 Å². The number of hydrogen-bond acceptors (Lipinski definition) is 4. The Hall–Kier alpha value is -1.59. The summed E-state index contributed by atoms with van der Waals surface area (Å²) in [6.07, 6.45) is 0.508. The monoisotopic (exact) mass is 286 g/mol. The van der Waals surface area contributed by atoms with Gasteiger partial charge < -0.3 is 15.8 Å². The van der Waals surface area contributed by atoms with Crippen LogP contribution in [-0.2, 0) is 14.3 Å². The Morgan fingerprint density at radius 1 is 1.32 bits per heavy atom. The highest BCUT2D eigenvalue weighted by Crippen LogP contribution is 2.14. The summed E-state index contributed by atoms with van der Waals surface area (Å²) in [7, 11) is 1.28. The number of nitrogens with one attached hydrogen (secondary N) is 1. The number of methoxy groups -OCH3 is 1. The van der Waals surface area contributed by atoms with E-state index in [-0.39, 0.29) is 18.3 Å². The number of rotatable bonds is 5. The van der Waals surface area contributed by atoms with Gasteiger partial charge in [-0.3, -0.25) is 4.79 Å². The minimum atomic E-state index is -0.818. The van der Waals surface area contributed by atoms with Crippen LogP contribution >= 0.6 is 12.4 Å². The van der Waals surface area contributed by atoms with Crippen LogP contribution in [0.4, 0.5) is 0 Å². The second-order valence-electron chi connectivity index (χ2n) is 3.89. The molecule has 3 N–H and O–H groups in total. The lowest BCUT2D eigenvalue weighted by Crippen LogP contribution is -2.44. The van der Waals surface area contributed by atoms with Crippen LogP contribution in [0.2, 0.25) is 0 Å². The van der Waals surface area contributed by atoms with E-state index in [0.29, 0.717) is 12.0 Å². The second-order valence-corrected chi connectivity index (χ2v) is 3.89. The second kappa shape index (κ2) is 8.50. The van der Waals surface area contributed by atoms with Crippen LogP contribution in [0.5, 0.6) is 0 Å². The third kappa shape index (κ3) is 4.89. The topological polar surface area (TPSA) is 81.4 Å². The van der Waals surface area contributed by atoms with Gasteiger partial charge in [0, 0.05) is 0 Å². The third-order valence-electron chi connectivity index (χ3n) is 2.63. The van der Waals surface area contributed by atoms with Crippen LogP contribution < -0.4 is 11.1 Å². The van der Waals surface area contributed by atoms with Crippen molar-refractivity contribution in [2.45, 2.75) is 25.4 Å². The lowest BCUT2D eigenvalue weighted by molar-refractivity contribution is -0.145. The van der Waals surface area contributed by atoms with Crippen LogP contribution in [0.1, 0.15) is 24.9 Å². The van der Waals surface area contributed by atoms with E-state index < -0.39 is 18.1 Å². The van der Waals surface area contributed by atoms with Gasteiger partial charge in [0.15, 0.2) is 6.04 Å². The van der Waals surface area contributed by atoms with Crippen LogP contribution in [0.3, 0.4) is 0 Å². The first-order chi connectivity index (χ1) is 8.60. The Balaban J connectivity index is 0.00000324. The maximum absolute atomic E-state index is 11.7. The number of amides is 1. The summed E-state index contributed by atoms with van der Waals surface area (Å²) in [6, 6.07) is 7.46. The maximum atomic E-state index is 11.7. The van der Waals surface area contributed by atoms with Gasteiger partial charge in [0.1, 0.15) is 0 Å². The number of benzene rings is 1. The highest BCUT2D eigenvalue weighted by atomic mass is 35.5. The normalized spacial score (nSPS) is 12.8. The van der Waals surface area contributed by atoms with Gasteiger partial charge in [-0.25, -0.2) is 4.79 Å². The Kier molecular flexibility index (Phi) is 7.79. The smallest absolute Gasteiger partial charge is 0.333 e. The molecule has 0 spiro atoms. The van der Waals surface area contributed by atoms with Gasteiger partial charge in [0.05, 0.1) is 13.2 Å². The van der Waals surface area contributed by atoms with Crippen molar-refractivity contribution >= 4 is 24.3 Å². The van der Waals surface area contributed by atoms with Gasteiger partial charge in [-0.2, -0.15) is 0 Å². The highest BCUT2D eigenvalue weighted by Gasteiger charge is 2.25.